The number of ether oxygens (including phenoxy) is 2. The minimum absolute atomic E-state index is 0.326. The Bertz CT molecular complexity index is 394. The number of rotatable bonds is 6. The minimum Gasteiger partial charge on any atom is -0.492 e. The van der Waals surface area contributed by atoms with Gasteiger partial charge in [0, 0.05) is 25.7 Å². The van der Waals surface area contributed by atoms with Crippen LogP contribution in [0.1, 0.15) is 19.4 Å². The maximum Gasteiger partial charge on any atom is 0.119 e. The van der Waals surface area contributed by atoms with Crippen LogP contribution in [0.4, 0.5) is 0 Å². The summed E-state index contributed by atoms with van der Waals surface area (Å²) in [5.74, 6) is 0.943. The Morgan fingerprint density at radius 2 is 2.05 bits per heavy atom. The van der Waals surface area contributed by atoms with Gasteiger partial charge in [0.05, 0.1) is 12.7 Å². The highest BCUT2D eigenvalue weighted by atomic mass is 16.5. The molecular weight excluding hydrogens is 252 g/mol. The summed E-state index contributed by atoms with van der Waals surface area (Å²) in [6, 6.07) is 8.76. The fourth-order valence-electron chi connectivity index (χ4n) is 2.47. The van der Waals surface area contributed by atoms with Gasteiger partial charge in [0.15, 0.2) is 0 Å². The van der Waals surface area contributed by atoms with Crippen molar-refractivity contribution in [2.24, 2.45) is 0 Å². The molecule has 1 N–H and O–H groups in total. The topological polar surface area (TPSA) is 33.7 Å². The van der Waals surface area contributed by atoms with Gasteiger partial charge in [0.2, 0.25) is 0 Å². The standard InChI is InChI=1S/C16H26N2O2/c1-13-12-20-14(2)11-18(13)8-9-19-16-6-4-15(5-7-16)10-17-3/h4-7,13-14,17H,8-12H2,1-3H3. The van der Waals surface area contributed by atoms with E-state index in [1.807, 2.05) is 19.2 Å². The van der Waals surface area contributed by atoms with E-state index in [-0.39, 0.29) is 0 Å². The van der Waals surface area contributed by atoms with Gasteiger partial charge >= 0.3 is 0 Å². The molecule has 1 aromatic carbocycles. The Hall–Kier alpha value is -1.10. The summed E-state index contributed by atoms with van der Waals surface area (Å²) >= 11 is 0. The third kappa shape index (κ3) is 4.47. The molecule has 0 aromatic heterocycles. The molecule has 4 nitrogen and oxygen atoms in total. The lowest BCUT2D eigenvalue weighted by atomic mass is 10.2. The monoisotopic (exact) mass is 278 g/mol. The maximum atomic E-state index is 5.82. The molecule has 1 aliphatic heterocycles. The molecular formula is C16H26N2O2. The molecule has 4 heteroatoms. The molecule has 1 aliphatic rings. The second-order valence-corrected chi connectivity index (χ2v) is 5.51. The van der Waals surface area contributed by atoms with E-state index in [9.17, 15) is 0 Å². The number of morpholine rings is 1. The molecule has 1 fully saturated rings. The lowest BCUT2D eigenvalue weighted by Crippen LogP contribution is -2.48. The third-order valence-corrected chi connectivity index (χ3v) is 3.69. The Labute approximate surface area is 122 Å². The van der Waals surface area contributed by atoms with Gasteiger partial charge < -0.3 is 14.8 Å². The van der Waals surface area contributed by atoms with E-state index in [4.69, 9.17) is 9.47 Å². The summed E-state index contributed by atoms with van der Waals surface area (Å²) in [4.78, 5) is 2.43. The summed E-state index contributed by atoms with van der Waals surface area (Å²) in [7, 11) is 1.95. The van der Waals surface area contributed by atoms with Gasteiger partial charge in [-0.15, -0.1) is 0 Å². The van der Waals surface area contributed by atoms with Crippen molar-refractivity contribution in [2.45, 2.75) is 32.5 Å². The van der Waals surface area contributed by atoms with E-state index < -0.39 is 0 Å². The molecule has 0 aliphatic carbocycles. The van der Waals surface area contributed by atoms with E-state index in [0.29, 0.717) is 12.1 Å². The van der Waals surface area contributed by atoms with Gasteiger partial charge in [-0.3, -0.25) is 4.90 Å². The Morgan fingerprint density at radius 3 is 2.75 bits per heavy atom. The van der Waals surface area contributed by atoms with E-state index in [0.717, 1.165) is 38.6 Å². The molecule has 0 saturated carbocycles. The first-order valence-electron chi connectivity index (χ1n) is 7.41. The molecule has 20 heavy (non-hydrogen) atoms. The summed E-state index contributed by atoms with van der Waals surface area (Å²) < 4.78 is 11.5. The fourth-order valence-corrected chi connectivity index (χ4v) is 2.47. The predicted molar refractivity (Wildman–Crippen MR) is 81.1 cm³/mol. The van der Waals surface area contributed by atoms with Crippen molar-refractivity contribution in [3.63, 3.8) is 0 Å². The van der Waals surface area contributed by atoms with E-state index in [1.165, 1.54) is 5.56 Å². The highest BCUT2D eigenvalue weighted by molar-refractivity contribution is 5.27. The molecule has 112 valence electrons. The zero-order chi connectivity index (χ0) is 14.4. The van der Waals surface area contributed by atoms with Crippen molar-refractivity contribution < 1.29 is 9.47 Å². The largest absolute Gasteiger partial charge is 0.492 e. The summed E-state index contributed by atoms with van der Waals surface area (Å²) in [6.07, 6.45) is 0.326. The number of nitrogens with one attached hydrogen (secondary N) is 1. The molecule has 0 bridgehead atoms. The SMILES string of the molecule is CNCc1ccc(OCCN2CC(C)OCC2C)cc1. The second-order valence-electron chi connectivity index (χ2n) is 5.51. The molecule has 0 radical (unpaired) electrons. The van der Waals surface area contributed by atoms with Crippen molar-refractivity contribution in [2.75, 3.05) is 33.4 Å². The molecule has 1 saturated heterocycles. The summed E-state index contributed by atoms with van der Waals surface area (Å²) in [5.41, 5.74) is 1.27. The van der Waals surface area contributed by atoms with Crippen molar-refractivity contribution in [3.05, 3.63) is 29.8 Å². The molecule has 2 rings (SSSR count). The van der Waals surface area contributed by atoms with Gasteiger partial charge in [-0.05, 0) is 38.6 Å². The van der Waals surface area contributed by atoms with Crippen LogP contribution < -0.4 is 10.1 Å². The van der Waals surface area contributed by atoms with Gasteiger partial charge in [-0.25, -0.2) is 0 Å². The highest BCUT2D eigenvalue weighted by Crippen LogP contribution is 2.14. The van der Waals surface area contributed by atoms with Gasteiger partial charge in [-0.2, -0.15) is 0 Å². The van der Waals surface area contributed by atoms with Crippen LogP contribution in [-0.2, 0) is 11.3 Å². The predicted octanol–water partition coefficient (Wildman–Crippen LogP) is 1.89. The Morgan fingerprint density at radius 1 is 1.30 bits per heavy atom. The maximum absolute atomic E-state index is 5.82. The molecule has 0 amide bonds. The first kappa shape index (κ1) is 15.3. The van der Waals surface area contributed by atoms with Crippen molar-refractivity contribution >= 4 is 0 Å². The third-order valence-electron chi connectivity index (χ3n) is 3.69. The molecule has 2 atom stereocenters. The minimum atomic E-state index is 0.326. The van der Waals surface area contributed by atoms with Crippen LogP contribution >= 0.6 is 0 Å². The normalized spacial score (nSPS) is 23.8. The number of hydrogen-bond donors (Lipinski definition) is 1. The van der Waals surface area contributed by atoms with Gasteiger partial charge in [-0.1, -0.05) is 12.1 Å². The summed E-state index contributed by atoms with van der Waals surface area (Å²) in [5, 5.41) is 3.14. The lowest BCUT2D eigenvalue weighted by molar-refractivity contribution is -0.0522. The average molecular weight is 278 g/mol. The first-order valence-corrected chi connectivity index (χ1v) is 7.41. The van der Waals surface area contributed by atoms with Crippen molar-refractivity contribution in [3.8, 4) is 5.75 Å². The van der Waals surface area contributed by atoms with Crippen molar-refractivity contribution in [1.82, 2.24) is 10.2 Å². The van der Waals surface area contributed by atoms with Crippen LogP contribution in [0.5, 0.6) is 5.75 Å². The Kier molecular flexibility index (Phi) is 5.83. The summed E-state index contributed by atoms with van der Waals surface area (Å²) in [6.45, 7) is 8.71. The number of nitrogens with zero attached hydrogens (tertiary/aromatic N) is 1. The second kappa shape index (κ2) is 7.62. The number of benzene rings is 1. The van der Waals surface area contributed by atoms with Gasteiger partial charge in [0.1, 0.15) is 12.4 Å². The highest BCUT2D eigenvalue weighted by Gasteiger charge is 2.22. The zero-order valence-corrected chi connectivity index (χ0v) is 12.8. The van der Waals surface area contributed by atoms with E-state index in [2.05, 4.69) is 36.2 Å². The van der Waals surface area contributed by atoms with Crippen molar-refractivity contribution in [1.29, 1.82) is 0 Å². The van der Waals surface area contributed by atoms with Crippen LogP contribution in [0, 0.1) is 0 Å². The van der Waals surface area contributed by atoms with Crippen LogP contribution in [0.2, 0.25) is 0 Å². The Balaban J connectivity index is 1.74. The first-order chi connectivity index (χ1) is 9.69. The number of hydrogen-bond acceptors (Lipinski definition) is 4. The van der Waals surface area contributed by atoms with Crippen LogP contribution in [-0.4, -0.2) is 50.4 Å². The average Bonchev–Trinajstić information content (AvgIpc) is 2.45. The van der Waals surface area contributed by atoms with E-state index >= 15 is 0 Å². The van der Waals surface area contributed by atoms with Crippen LogP contribution in [0.15, 0.2) is 24.3 Å². The quantitative estimate of drug-likeness (QED) is 0.861. The molecule has 1 aromatic rings. The molecule has 1 heterocycles. The molecule has 0 spiro atoms. The van der Waals surface area contributed by atoms with E-state index in [1.54, 1.807) is 0 Å². The van der Waals surface area contributed by atoms with Crippen LogP contribution in [0.25, 0.3) is 0 Å². The van der Waals surface area contributed by atoms with Crippen LogP contribution in [0.3, 0.4) is 0 Å². The fraction of sp³-hybridized carbons (Fsp3) is 0.625. The molecule has 2 unspecified atom stereocenters. The zero-order valence-electron chi connectivity index (χ0n) is 12.8. The smallest absolute Gasteiger partial charge is 0.119 e. The van der Waals surface area contributed by atoms with Gasteiger partial charge in [0.25, 0.3) is 0 Å². The lowest BCUT2D eigenvalue weighted by Gasteiger charge is -2.36.